The summed E-state index contributed by atoms with van der Waals surface area (Å²) in [5.74, 6) is -3.45. The summed E-state index contributed by atoms with van der Waals surface area (Å²) < 4.78 is 40.2. The highest BCUT2D eigenvalue weighted by Crippen LogP contribution is 2.36. The van der Waals surface area contributed by atoms with Gasteiger partial charge >= 0.3 is 23.9 Å². The molecule has 1 N–H and O–H groups in total. The summed E-state index contributed by atoms with van der Waals surface area (Å²) in [5.41, 5.74) is -0.877. The molecular formula is C21H24FNO10S. The highest BCUT2D eigenvalue weighted by atomic mass is 32.2. The number of rotatable bonds is 7. The monoisotopic (exact) mass is 501 g/mol. The van der Waals surface area contributed by atoms with Crippen molar-refractivity contribution in [3.05, 3.63) is 35.6 Å². The van der Waals surface area contributed by atoms with E-state index >= 15 is 0 Å². The van der Waals surface area contributed by atoms with Crippen LogP contribution in [0, 0.1) is 5.82 Å². The van der Waals surface area contributed by atoms with Gasteiger partial charge < -0.3 is 28.9 Å². The second-order valence-electron chi connectivity index (χ2n) is 7.10. The van der Waals surface area contributed by atoms with Gasteiger partial charge in [0.1, 0.15) is 23.6 Å². The summed E-state index contributed by atoms with van der Waals surface area (Å²) in [7, 11) is 0. The van der Waals surface area contributed by atoms with Crippen LogP contribution in [0.1, 0.15) is 33.3 Å². The summed E-state index contributed by atoms with van der Waals surface area (Å²) in [6.45, 7) is 4.09. The molecule has 0 unspecified atom stereocenters. The molecule has 1 aromatic carbocycles. The maximum absolute atomic E-state index is 13.3. The number of benzene rings is 1. The number of nitrogens with zero attached hydrogens (tertiary/aromatic N) is 1. The first-order valence-corrected chi connectivity index (χ1v) is 10.8. The minimum atomic E-state index is -1.36. The van der Waals surface area contributed by atoms with Crippen LogP contribution in [0.2, 0.25) is 0 Å². The second kappa shape index (κ2) is 12.3. The standard InChI is InChI=1S/C21H24FNO10S/c1-10(24)29-9-16-17(30-11(2)25)18(31-12(3)26)19(32-13(4)27)21(33-16)34-20(23-28)14-5-7-15(22)8-6-14/h5-8,16-19,21,28H,9H2,1-4H3/b23-20-/t16-,17-,18+,19-,21+/m1/s1. The predicted octanol–water partition coefficient (Wildman–Crippen LogP) is 1.78. The van der Waals surface area contributed by atoms with Gasteiger partial charge in [0.2, 0.25) is 0 Å². The quantitative estimate of drug-likeness (QED) is 0.146. The Morgan fingerprint density at radius 1 is 0.912 bits per heavy atom. The summed E-state index contributed by atoms with van der Waals surface area (Å²) in [4.78, 5) is 46.8. The van der Waals surface area contributed by atoms with E-state index in [2.05, 4.69) is 5.16 Å². The van der Waals surface area contributed by atoms with Crippen molar-refractivity contribution in [1.29, 1.82) is 0 Å². The van der Waals surface area contributed by atoms with E-state index in [0.717, 1.165) is 51.6 Å². The SMILES string of the molecule is CC(=O)OC[C@H]1O[C@@H](S/C(=N\O)c2ccc(F)cc2)[C@H](OC(C)=O)[C@@H](OC(C)=O)[C@@H]1OC(C)=O. The minimum Gasteiger partial charge on any atom is -0.463 e. The molecule has 34 heavy (non-hydrogen) atoms. The largest absolute Gasteiger partial charge is 0.463 e. The molecule has 0 aromatic heterocycles. The number of thioether (sulfide) groups is 1. The van der Waals surface area contributed by atoms with Crippen LogP contribution in [0.25, 0.3) is 0 Å². The Morgan fingerprint density at radius 3 is 1.94 bits per heavy atom. The molecule has 0 saturated carbocycles. The smallest absolute Gasteiger partial charge is 0.303 e. The number of carbonyl (C=O) groups excluding carboxylic acids is 4. The Morgan fingerprint density at radius 2 is 1.44 bits per heavy atom. The normalized spacial score (nSPS) is 24.6. The maximum atomic E-state index is 13.3. The zero-order valence-electron chi connectivity index (χ0n) is 18.8. The number of hydrogen-bond acceptors (Lipinski definition) is 12. The lowest BCUT2D eigenvalue weighted by atomic mass is 9.99. The molecule has 1 aliphatic heterocycles. The number of halogens is 1. The fourth-order valence-electron chi connectivity index (χ4n) is 3.14. The van der Waals surface area contributed by atoms with Gasteiger partial charge in [-0.1, -0.05) is 16.9 Å². The minimum absolute atomic E-state index is 0.0408. The first kappa shape index (κ1) is 27.1. The summed E-state index contributed by atoms with van der Waals surface area (Å²) >= 11 is 0.770. The third-order valence-electron chi connectivity index (χ3n) is 4.36. The van der Waals surface area contributed by atoms with E-state index in [4.69, 9.17) is 23.7 Å². The topological polar surface area (TPSA) is 147 Å². The van der Waals surface area contributed by atoms with Crippen LogP contribution in [-0.4, -0.2) is 70.6 Å². The van der Waals surface area contributed by atoms with Crippen LogP contribution in [0.15, 0.2) is 29.4 Å². The Balaban J connectivity index is 2.48. The second-order valence-corrected chi connectivity index (χ2v) is 8.18. The lowest BCUT2D eigenvalue weighted by Gasteiger charge is -2.44. The molecule has 2 rings (SSSR count). The predicted molar refractivity (Wildman–Crippen MR) is 114 cm³/mol. The van der Waals surface area contributed by atoms with E-state index < -0.39 is 66.2 Å². The molecule has 1 heterocycles. The zero-order valence-corrected chi connectivity index (χ0v) is 19.6. The zero-order chi connectivity index (χ0) is 25.4. The molecule has 1 saturated heterocycles. The third kappa shape index (κ3) is 7.70. The van der Waals surface area contributed by atoms with Gasteiger partial charge in [-0.15, -0.1) is 0 Å². The molecule has 186 valence electrons. The van der Waals surface area contributed by atoms with Crippen molar-refractivity contribution in [3.8, 4) is 0 Å². The van der Waals surface area contributed by atoms with Crippen LogP contribution >= 0.6 is 11.8 Å². The summed E-state index contributed by atoms with van der Waals surface area (Å²) in [5, 5.41) is 12.7. The van der Waals surface area contributed by atoms with Crippen molar-refractivity contribution in [2.45, 2.75) is 57.5 Å². The molecule has 1 aromatic rings. The van der Waals surface area contributed by atoms with Gasteiger partial charge in [-0.25, -0.2) is 4.39 Å². The summed E-state index contributed by atoms with van der Waals surface area (Å²) in [6, 6.07) is 4.99. The molecule has 13 heteroatoms. The third-order valence-corrected chi connectivity index (χ3v) is 5.51. The van der Waals surface area contributed by atoms with Gasteiger partial charge in [0, 0.05) is 33.3 Å². The fraction of sp³-hybridized carbons (Fsp3) is 0.476. The Bertz CT molecular complexity index is 938. The highest BCUT2D eigenvalue weighted by molar-refractivity contribution is 8.14. The van der Waals surface area contributed by atoms with E-state index in [1.807, 2.05) is 0 Å². The molecule has 1 fully saturated rings. The van der Waals surface area contributed by atoms with Gasteiger partial charge in [0.25, 0.3) is 0 Å². The molecule has 0 aliphatic carbocycles. The van der Waals surface area contributed by atoms with Crippen molar-refractivity contribution in [3.63, 3.8) is 0 Å². The van der Waals surface area contributed by atoms with Crippen LogP contribution in [-0.2, 0) is 42.9 Å². The molecular weight excluding hydrogens is 477 g/mol. The average Bonchev–Trinajstić information content (AvgIpc) is 2.74. The number of hydrogen-bond donors (Lipinski definition) is 1. The van der Waals surface area contributed by atoms with E-state index in [1.54, 1.807) is 0 Å². The van der Waals surface area contributed by atoms with Crippen LogP contribution in [0.5, 0.6) is 0 Å². The van der Waals surface area contributed by atoms with E-state index in [-0.39, 0.29) is 5.04 Å². The molecule has 5 atom stereocenters. The molecule has 0 bridgehead atoms. The van der Waals surface area contributed by atoms with Crippen molar-refractivity contribution in [2.75, 3.05) is 6.61 Å². The van der Waals surface area contributed by atoms with Crippen molar-refractivity contribution < 1.29 is 52.5 Å². The average molecular weight is 501 g/mol. The Labute approximate surface area is 198 Å². The van der Waals surface area contributed by atoms with E-state index in [0.29, 0.717) is 5.56 Å². The molecule has 1 aliphatic rings. The number of ether oxygens (including phenoxy) is 5. The molecule has 0 radical (unpaired) electrons. The van der Waals surface area contributed by atoms with Crippen LogP contribution < -0.4 is 0 Å². The Kier molecular flexibility index (Phi) is 9.81. The number of carbonyl (C=O) groups is 4. The van der Waals surface area contributed by atoms with Crippen molar-refractivity contribution in [2.24, 2.45) is 5.16 Å². The first-order valence-electron chi connectivity index (χ1n) is 9.97. The van der Waals surface area contributed by atoms with E-state index in [1.165, 1.54) is 12.1 Å². The molecule has 0 spiro atoms. The first-order chi connectivity index (χ1) is 16.0. The highest BCUT2D eigenvalue weighted by Gasteiger charge is 2.52. The van der Waals surface area contributed by atoms with Gasteiger partial charge in [-0.2, -0.15) is 0 Å². The van der Waals surface area contributed by atoms with Gasteiger partial charge in [-0.05, 0) is 24.3 Å². The van der Waals surface area contributed by atoms with Gasteiger partial charge in [0.05, 0.1) is 0 Å². The Hall–Kier alpha value is -3.19. The summed E-state index contributed by atoms with van der Waals surface area (Å²) in [6.07, 6.45) is -5.14. The molecule has 11 nitrogen and oxygen atoms in total. The van der Waals surface area contributed by atoms with Crippen molar-refractivity contribution >= 4 is 40.7 Å². The van der Waals surface area contributed by atoms with Crippen LogP contribution in [0.4, 0.5) is 4.39 Å². The van der Waals surface area contributed by atoms with Crippen LogP contribution in [0.3, 0.4) is 0 Å². The van der Waals surface area contributed by atoms with Crippen molar-refractivity contribution in [1.82, 2.24) is 0 Å². The van der Waals surface area contributed by atoms with Gasteiger partial charge in [-0.3, -0.25) is 19.2 Å². The number of esters is 4. The lowest BCUT2D eigenvalue weighted by Crippen LogP contribution is -2.61. The van der Waals surface area contributed by atoms with Gasteiger partial charge in [0.15, 0.2) is 23.7 Å². The number of oxime groups is 1. The lowest BCUT2D eigenvalue weighted by molar-refractivity contribution is -0.237. The maximum Gasteiger partial charge on any atom is 0.303 e. The fourth-order valence-corrected chi connectivity index (χ4v) is 4.22. The van der Waals surface area contributed by atoms with E-state index in [9.17, 15) is 28.8 Å². The molecule has 0 amide bonds.